The first-order valence-corrected chi connectivity index (χ1v) is 24.4. The normalized spacial score (nSPS) is 12.2. The van der Waals surface area contributed by atoms with E-state index >= 15 is 0 Å². The number of hydrogen-bond acceptors (Lipinski definition) is 11. The molecule has 0 heterocycles. The number of carbonyl (C=O) groups is 4. The Hall–Kier alpha value is -5.60. The SMILES string of the molecule is CCC[C@H](CC[C@@H](C)Oc1ccccc1CCCNC(=O)OCc1ccccc1)C(=O)OC.CCC[C@H](N)C(=O)OC.C[C@H](CBr)Oc1ccccc1CCCNC(=O)OCc1ccccc1. The first kappa shape index (κ1) is 57.5. The number of alkyl halides is 1. The number of rotatable bonds is 26. The minimum absolute atomic E-state index is 0.0127. The van der Waals surface area contributed by atoms with Gasteiger partial charge < -0.3 is 44.8 Å². The van der Waals surface area contributed by atoms with Crippen LogP contribution in [-0.4, -0.2) is 75.0 Å². The van der Waals surface area contributed by atoms with Crippen molar-refractivity contribution in [2.45, 2.75) is 123 Å². The zero-order chi connectivity index (χ0) is 49.1. The molecule has 0 spiro atoms. The molecule has 0 bridgehead atoms. The first-order valence-electron chi connectivity index (χ1n) is 23.3. The van der Waals surface area contributed by atoms with Gasteiger partial charge in [-0.3, -0.25) is 9.59 Å². The van der Waals surface area contributed by atoms with Gasteiger partial charge in [-0.2, -0.15) is 0 Å². The highest BCUT2D eigenvalue weighted by atomic mass is 79.9. The monoisotopic (exact) mass is 991 g/mol. The lowest BCUT2D eigenvalue weighted by Gasteiger charge is -2.20. The third-order valence-electron chi connectivity index (χ3n) is 10.2. The molecule has 13 nitrogen and oxygen atoms in total. The van der Waals surface area contributed by atoms with E-state index in [-0.39, 0.29) is 49.4 Å². The molecule has 4 aromatic rings. The van der Waals surface area contributed by atoms with Crippen molar-refractivity contribution >= 4 is 40.1 Å². The van der Waals surface area contributed by atoms with Crippen LogP contribution in [0.25, 0.3) is 0 Å². The molecule has 0 fully saturated rings. The average Bonchev–Trinajstić information content (AvgIpc) is 3.35. The minimum atomic E-state index is -0.431. The fourth-order valence-corrected chi connectivity index (χ4v) is 6.70. The second-order valence-electron chi connectivity index (χ2n) is 15.9. The van der Waals surface area contributed by atoms with Crippen LogP contribution in [0.1, 0.15) is 101 Å². The molecule has 2 amide bonds. The summed E-state index contributed by atoms with van der Waals surface area (Å²) in [5.74, 6) is 1.22. The Bertz CT molecular complexity index is 1960. The van der Waals surface area contributed by atoms with Crippen molar-refractivity contribution in [2.75, 3.05) is 32.6 Å². The number of para-hydroxylation sites is 2. The summed E-state index contributed by atoms with van der Waals surface area (Å²) in [6.45, 7) is 9.74. The summed E-state index contributed by atoms with van der Waals surface area (Å²) in [5.41, 5.74) is 9.55. The van der Waals surface area contributed by atoms with Gasteiger partial charge >= 0.3 is 24.1 Å². The summed E-state index contributed by atoms with van der Waals surface area (Å²) < 4.78 is 31.8. The second-order valence-corrected chi connectivity index (χ2v) is 16.6. The molecule has 4 atom stereocenters. The zero-order valence-corrected chi connectivity index (χ0v) is 41.9. The van der Waals surface area contributed by atoms with Crippen LogP contribution in [-0.2, 0) is 54.6 Å². The Labute approximate surface area is 407 Å². The van der Waals surface area contributed by atoms with Gasteiger partial charge in [-0.05, 0) is 99.6 Å². The number of aryl methyl sites for hydroxylation is 2. The van der Waals surface area contributed by atoms with Gasteiger partial charge in [-0.25, -0.2) is 9.59 Å². The van der Waals surface area contributed by atoms with Crippen LogP contribution in [0.3, 0.4) is 0 Å². The number of nitrogens with one attached hydrogen (secondary N) is 2. The standard InChI is InChI=1S/C27H37NO5.C20H24BrNO3.C6H13NO2/c1-4-11-24(26(29)31-3)18-17-21(2)33-25-16-9-8-14-23(25)15-10-19-28-27(30)32-20-22-12-6-5-7-13-22;1-16(14-21)25-19-12-6-5-10-18(19)11-7-13-22-20(23)24-15-17-8-3-2-4-9-17;1-3-4-5(7)6(8)9-2/h5-9,12-14,16,21,24H,4,10-11,15,17-20H2,1-3H3,(H,28,30);2-6,8-10,12,16H,7,11,13-15H2,1H3,(H,22,23);5H,3-4,7H2,1-2H3/t21-,24-;16-;5-/m110/s1. The van der Waals surface area contributed by atoms with Gasteiger partial charge in [-0.1, -0.05) is 140 Å². The quantitative estimate of drug-likeness (QED) is 0.0236. The number of nitrogens with two attached hydrogens (primary N) is 1. The van der Waals surface area contributed by atoms with E-state index in [0.717, 1.165) is 96.9 Å². The maximum Gasteiger partial charge on any atom is 0.407 e. The number of esters is 2. The highest BCUT2D eigenvalue weighted by Gasteiger charge is 2.20. The molecule has 0 saturated heterocycles. The zero-order valence-electron chi connectivity index (χ0n) is 40.3. The number of alkyl carbamates (subject to hydrolysis) is 2. The van der Waals surface area contributed by atoms with E-state index in [4.69, 9.17) is 29.4 Å². The molecule has 0 radical (unpaired) electrons. The number of halogens is 1. The van der Waals surface area contributed by atoms with Crippen molar-refractivity contribution in [2.24, 2.45) is 11.7 Å². The lowest BCUT2D eigenvalue weighted by atomic mass is 9.96. The molecule has 0 unspecified atom stereocenters. The van der Waals surface area contributed by atoms with Gasteiger partial charge in [0.25, 0.3) is 0 Å². The highest BCUT2D eigenvalue weighted by Crippen LogP contribution is 2.24. The second kappa shape index (κ2) is 35.6. The van der Waals surface area contributed by atoms with Crippen molar-refractivity contribution in [3.8, 4) is 11.5 Å². The van der Waals surface area contributed by atoms with Gasteiger partial charge in [0.1, 0.15) is 36.9 Å². The van der Waals surface area contributed by atoms with Crippen LogP contribution in [0.15, 0.2) is 109 Å². The fraction of sp³-hybridized carbons (Fsp3) is 0.472. The van der Waals surface area contributed by atoms with Gasteiger partial charge in [-0.15, -0.1) is 0 Å². The summed E-state index contributed by atoms with van der Waals surface area (Å²) >= 11 is 3.42. The molecular weight excluding hydrogens is 918 g/mol. The molecule has 4 N–H and O–H groups in total. The summed E-state index contributed by atoms with van der Waals surface area (Å²) in [7, 11) is 2.79. The van der Waals surface area contributed by atoms with Crippen molar-refractivity contribution in [3.63, 3.8) is 0 Å². The van der Waals surface area contributed by atoms with Crippen molar-refractivity contribution < 1.29 is 47.6 Å². The number of hydrogen-bond donors (Lipinski definition) is 3. The number of amides is 2. The Morgan fingerprint density at radius 3 is 1.43 bits per heavy atom. The van der Waals surface area contributed by atoms with E-state index in [1.54, 1.807) is 0 Å². The van der Waals surface area contributed by atoms with E-state index in [0.29, 0.717) is 19.5 Å². The maximum atomic E-state index is 11.9. The van der Waals surface area contributed by atoms with Crippen molar-refractivity contribution in [3.05, 3.63) is 131 Å². The minimum Gasteiger partial charge on any atom is -0.490 e. The predicted octanol–water partition coefficient (Wildman–Crippen LogP) is 10.7. The first-order chi connectivity index (χ1) is 32.4. The number of carbonyl (C=O) groups excluding carboxylic acids is 4. The molecule has 14 heteroatoms. The largest absolute Gasteiger partial charge is 0.490 e. The predicted molar refractivity (Wildman–Crippen MR) is 267 cm³/mol. The van der Waals surface area contributed by atoms with E-state index in [9.17, 15) is 19.2 Å². The van der Waals surface area contributed by atoms with Gasteiger partial charge in [0, 0.05) is 18.4 Å². The third-order valence-corrected chi connectivity index (χ3v) is 11.1. The maximum absolute atomic E-state index is 11.9. The van der Waals surface area contributed by atoms with Crippen LogP contribution in [0, 0.1) is 5.92 Å². The van der Waals surface area contributed by atoms with E-state index in [1.807, 2.05) is 124 Å². The Morgan fingerprint density at radius 1 is 0.567 bits per heavy atom. The van der Waals surface area contributed by atoms with Crippen molar-refractivity contribution in [1.29, 1.82) is 0 Å². The Morgan fingerprint density at radius 2 is 1.00 bits per heavy atom. The molecule has 0 aliphatic rings. The smallest absolute Gasteiger partial charge is 0.407 e. The fourth-order valence-electron chi connectivity index (χ4n) is 6.57. The number of ether oxygens (including phenoxy) is 6. The van der Waals surface area contributed by atoms with Crippen LogP contribution < -0.4 is 25.8 Å². The van der Waals surface area contributed by atoms with Gasteiger partial charge in [0.05, 0.1) is 26.2 Å². The molecule has 0 saturated carbocycles. The number of benzene rings is 4. The number of methoxy groups -OCH3 is 2. The molecule has 4 aromatic carbocycles. The molecule has 0 aliphatic heterocycles. The van der Waals surface area contributed by atoms with Gasteiger partial charge in [0.15, 0.2) is 0 Å². The average molecular weight is 993 g/mol. The van der Waals surface area contributed by atoms with E-state index in [1.165, 1.54) is 14.2 Å². The molecule has 0 aromatic heterocycles. The lowest BCUT2D eigenvalue weighted by Crippen LogP contribution is -2.31. The van der Waals surface area contributed by atoms with Gasteiger partial charge in [0.2, 0.25) is 0 Å². The third kappa shape index (κ3) is 25.8. The van der Waals surface area contributed by atoms with E-state index in [2.05, 4.69) is 44.3 Å². The molecule has 67 heavy (non-hydrogen) atoms. The topological polar surface area (TPSA) is 174 Å². The molecule has 368 valence electrons. The lowest BCUT2D eigenvalue weighted by molar-refractivity contribution is -0.146. The summed E-state index contributed by atoms with van der Waals surface area (Å²) in [4.78, 5) is 46.1. The molecular formula is C53H74BrN3O10. The van der Waals surface area contributed by atoms with Crippen LogP contribution in [0.4, 0.5) is 9.59 Å². The van der Waals surface area contributed by atoms with Crippen molar-refractivity contribution in [1.82, 2.24) is 10.6 Å². The summed E-state index contributed by atoms with van der Waals surface area (Å²) in [6, 6.07) is 34.8. The van der Waals surface area contributed by atoms with E-state index < -0.39 is 12.1 Å². The van der Waals surface area contributed by atoms with Crippen LogP contribution >= 0.6 is 15.9 Å². The molecule has 0 aliphatic carbocycles. The van der Waals surface area contributed by atoms with Crippen LogP contribution in [0.5, 0.6) is 11.5 Å². The molecule has 4 rings (SSSR count). The summed E-state index contributed by atoms with van der Waals surface area (Å²) in [6.07, 6.45) is 7.44. The highest BCUT2D eigenvalue weighted by molar-refractivity contribution is 9.09. The van der Waals surface area contributed by atoms with Crippen LogP contribution in [0.2, 0.25) is 0 Å². The summed E-state index contributed by atoms with van der Waals surface area (Å²) in [5, 5.41) is 6.37. The Balaban J connectivity index is 0.000000398. The Kier molecular flexibility index (Phi) is 30.5.